The maximum Gasteiger partial charge on any atom is 0.257 e. The summed E-state index contributed by atoms with van der Waals surface area (Å²) in [6, 6.07) is 5.85. The second-order valence-electron chi connectivity index (χ2n) is 7.07. The third-order valence-corrected chi connectivity index (χ3v) is 5.52. The van der Waals surface area contributed by atoms with Gasteiger partial charge in [0.25, 0.3) is 11.9 Å². The molecule has 2 aliphatic rings. The molecule has 3 aromatic rings. The molecule has 2 fully saturated rings. The van der Waals surface area contributed by atoms with Crippen LogP contribution in [0.4, 0.5) is 0 Å². The molecule has 3 aromatic heterocycles. The number of furan rings is 1. The highest BCUT2D eigenvalue weighted by atomic mass is 16.3. The van der Waals surface area contributed by atoms with Crippen molar-refractivity contribution in [2.24, 2.45) is 5.92 Å². The van der Waals surface area contributed by atoms with Crippen molar-refractivity contribution in [1.82, 2.24) is 24.6 Å². The molecule has 7 heteroatoms. The highest BCUT2D eigenvalue weighted by Gasteiger charge is 2.41. The van der Waals surface area contributed by atoms with Crippen LogP contribution in [0.1, 0.15) is 35.3 Å². The molecular formula is C19H19N5O2. The summed E-state index contributed by atoms with van der Waals surface area (Å²) >= 11 is 0. The molecule has 4 heterocycles. The second kappa shape index (κ2) is 5.79. The van der Waals surface area contributed by atoms with Gasteiger partial charge in [-0.25, -0.2) is 14.6 Å². The summed E-state index contributed by atoms with van der Waals surface area (Å²) in [4.78, 5) is 23.8. The molecule has 0 radical (unpaired) electrons. The smallest absolute Gasteiger partial charge is 0.257 e. The highest BCUT2D eigenvalue weighted by molar-refractivity contribution is 5.95. The SMILES string of the molecule is Cc1c(C(=O)N2C[C@H]3CC[C@@H]2C3)cnn1-c1nccc(-c2ccco2)n1. The van der Waals surface area contributed by atoms with Crippen LogP contribution < -0.4 is 0 Å². The van der Waals surface area contributed by atoms with Crippen molar-refractivity contribution in [3.63, 3.8) is 0 Å². The Hall–Kier alpha value is -2.96. The van der Waals surface area contributed by atoms with E-state index in [4.69, 9.17) is 4.42 Å². The van der Waals surface area contributed by atoms with Crippen LogP contribution in [0, 0.1) is 12.8 Å². The molecule has 1 amide bonds. The second-order valence-corrected chi connectivity index (χ2v) is 7.07. The quantitative estimate of drug-likeness (QED) is 0.727. The van der Waals surface area contributed by atoms with Gasteiger partial charge in [0.1, 0.15) is 5.69 Å². The van der Waals surface area contributed by atoms with Crippen LogP contribution in [0.2, 0.25) is 0 Å². The molecule has 2 bridgehead atoms. The lowest BCUT2D eigenvalue weighted by molar-refractivity contribution is 0.0703. The van der Waals surface area contributed by atoms with Crippen LogP contribution in [0.25, 0.3) is 17.4 Å². The molecule has 0 unspecified atom stereocenters. The van der Waals surface area contributed by atoms with E-state index in [1.165, 1.54) is 6.42 Å². The minimum absolute atomic E-state index is 0.0724. The van der Waals surface area contributed by atoms with E-state index in [1.807, 2.05) is 24.0 Å². The molecular weight excluding hydrogens is 330 g/mol. The summed E-state index contributed by atoms with van der Waals surface area (Å²) in [7, 11) is 0. The minimum Gasteiger partial charge on any atom is -0.463 e. The molecule has 7 nitrogen and oxygen atoms in total. The number of fused-ring (bicyclic) bond motifs is 2. The molecule has 1 saturated heterocycles. The maximum absolute atomic E-state index is 13.0. The topological polar surface area (TPSA) is 77.0 Å². The Morgan fingerprint density at radius 1 is 1.31 bits per heavy atom. The summed E-state index contributed by atoms with van der Waals surface area (Å²) < 4.78 is 7.02. The van der Waals surface area contributed by atoms with Gasteiger partial charge in [-0.15, -0.1) is 0 Å². The van der Waals surface area contributed by atoms with E-state index in [0.29, 0.717) is 34.9 Å². The lowest BCUT2D eigenvalue weighted by Gasteiger charge is -2.26. The summed E-state index contributed by atoms with van der Waals surface area (Å²) in [5, 5.41) is 4.38. The van der Waals surface area contributed by atoms with Gasteiger partial charge in [0.2, 0.25) is 0 Å². The van der Waals surface area contributed by atoms with E-state index < -0.39 is 0 Å². The molecule has 5 rings (SSSR count). The number of carbonyl (C=O) groups excluding carboxylic acids is 1. The van der Waals surface area contributed by atoms with Crippen LogP contribution in [0.5, 0.6) is 0 Å². The van der Waals surface area contributed by atoms with Crippen LogP contribution in [0.15, 0.2) is 41.3 Å². The Morgan fingerprint density at radius 3 is 2.96 bits per heavy atom. The summed E-state index contributed by atoms with van der Waals surface area (Å²) in [5.74, 6) is 1.84. The van der Waals surface area contributed by atoms with Gasteiger partial charge in [0, 0.05) is 18.8 Å². The van der Waals surface area contributed by atoms with Crippen molar-refractivity contribution >= 4 is 5.91 Å². The highest BCUT2D eigenvalue weighted by Crippen LogP contribution is 2.38. The predicted octanol–water partition coefficient (Wildman–Crippen LogP) is 2.86. The molecule has 1 aliphatic heterocycles. The van der Waals surface area contributed by atoms with E-state index in [2.05, 4.69) is 15.1 Å². The van der Waals surface area contributed by atoms with Gasteiger partial charge in [-0.1, -0.05) is 0 Å². The first kappa shape index (κ1) is 15.3. The van der Waals surface area contributed by atoms with Gasteiger partial charge in [0.05, 0.1) is 23.7 Å². The number of likely N-dealkylation sites (tertiary alicyclic amines) is 1. The average molecular weight is 349 g/mol. The third-order valence-electron chi connectivity index (χ3n) is 5.52. The number of hydrogen-bond acceptors (Lipinski definition) is 5. The van der Waals surface area contributed by atoms with Gasteiger partial charge in [0.15, 0.2) is 5.76 Å². The van der Waals surface area contributed by atoms with E-state index in [1.54, 1.807) is 29.4 Å². The van der Waals surface area contributed by atoms with E-state index in [0.717, 1.165) is 25.1 Å². The van der Waals surface area contributed by atoms with Gasteiger partial charge < -0.3 is 9.32 Å². The predicted molar refractivity (Wildman–Crippen MR) is 93.8 cm³/mol. The van der Waals surface area contributed by atoms with Gasteiger partial charge in [-0.05, 0) is 50.3 Å². The van der Waals surface area contributed by atoms with Crippen molar-refractivity contribution < 1.29 is 9.21 Å². The third kappa shape index (κ3) is 2.34. The van der Waals surface area contributed by atoms with E-state index in [-0.39, 0.29) is 5.91 Å². The zero-order valence-corrected chi connectivity index (χ0v) is 14.5. The molecule has 0 spiro atoms. The standard InChI is InChI=1S/C19H19N5O2/c1-12-15(18(25)23-11-13-4-5-14(23)9-13)10-21-24(12)19-20-7-6-16(22-19)17-3-2-8-26-17/h2-3,6-8,10,13-14H,4-5,9,11H2,1H3/t13-,14+/m0/s1. The molecule has 0 aromatic carbocycles. The first-order chi connectivity index (χ1) is 12.7. The Kier molecular flexibility index (Phi) is 3.41. The zero-order chi connectivity index (χ0) is 17.7. The number of aromatic nitrogens is 4. The molecule has 132 valence electrons. The van der Waals surface area contributed by atoms with Gasteiger partial charge >= 0.3 is 0 Å². The number of nitrogens with zero attached hydrogens (tertiary/aromatic N) is 5. The van der Waals surface area contributed by atoms with Crippen LogP contribution >= 0.6 is 0 Å². The molecule has 26 heavy (non-hydrogen) atoms. The molecule has 1 aliphatic carbocycles. The first-order valence-electron chi connectivity index (χ1n) is 8.93. The molecule has 1 saturated carbocycles. The van der Waals surface area contributed by atoms with Crippen molar-refractivity contribution in [2.45, 2.75) is 32.2 Å². The molecule has 2 atom stereocenters. The molecule has 0 N–H and O–H groups in total. The fourth-order valence-corrected chi connectivity index (χ4v) is 4.16. The van der Waals surface area contributed by atoms with E-state index in [9.17, 15) is 4.79 Å². The first-order valence-corrected chi connectivity index (χ1v) is 8.93. The van der Waals surface area contributed by atoms with Crippen molar-refractivity contribution in [3.8, 4) is 17.4 Å². The zero-order valence-electron chi connectivity index (χ0n) is 14.5. The maximum atomic E-state index is 13.0. The Balaban J connectivity index is 1.47. The van der Waals surface area contributed by atoms with Gasteiger partial charge in [-0.2, -0.15) is 5.10 Å². The van der Waals surface area contributed by atoms with E-state index >= 15 is 0 Å². The summed E-state index contributed by atoms with van der Waals surface area (Å²) in [6.45, 7) is 2.76. The van der Waals surface area contributed by atoms with Crippen molar-refractivity contribution in [3.05, 3.63) is 48.1 Å². The summed E-state index contributed by atoms with van der Waals surface area (Å²) in [6.07, 6.45) is 8.43. The Morgan fingerprint density at radius 2 is 2.23 bits per heavy atom. The average Bonchev–Trinajstić information content (AvgIpc) is 3.45. The van der Waals surface area contributed by atoms with Gasteiger partial charge in [-0.3, -0.25) is 4.79 Å². The normalized spacial score (nSPS) is 21.5. The number of piperidine rings is 1. The minimum atomic E-state index is 0.0724. The van der Waals surface area contributed by atoms with Crippen LogP contribution in [-0.2, 0) is 0 Å². The number of amides is 1. The lowest BCUT2D eigenvalue weighted by Crippen LogP contribution is -2.37. The van der Waals surface area contributed by atoms with Crippen LogP contribution in [0.3, 0.4) is 0 Å². The largest absolute Gasteiger partial charge is 0.463 e. The monoisotopic (exact) mass is 349 g/mol. The number of rotatable bonds is 3. The fraction of sp³-hybridized carbons (Fsp3) is 0.368. The lowest BCUT2D eigenvalue weighted by atomic mass is 10.1. The Bertz CT molecular complexity index is 962. The van der Waals surface area contributed by atoms with Crippen molar-refractivity contribution in [2.75, 3.05) is 6.54 Å². The van der Waals surface area contributed by atoms with Crippen molar-refractivity contribution in [1.29, 1.82) is 0 Å². The summed E-state index contributed by atoms with van der Waals surface area (Å²) in [5.41, 5.74) is 2.07. The number of hydrogen-bond donors (Lipinski definition) is 0. The number of carbonyl (C=O) groups is 1. The fourth-order valence-electron chi connectivity index (χ4n) is 4.16. The Labute approximate surface area is 150 Å². The van der Waals surface area contributed by atoms with Crippen LogP contribution in [-0.4, -0.2) is 43.1 Å².